The van der Waals surface area contributed by atoms with Gasteiger partial charge in [0, 0.05) is 11.3 Å². The lowest BCUT2D eigenvalue weighted by atomic mass is 10.0. The fourth-order valence-electron chi connectivity index (χ4n) is 3.79. The standard InChI is InChI=1S/C27H32N2O4S/c1-18(2)24-8-6-7-9-25(24)33-13-12-28-27(30)22-11-10-21(5)26(17-22)34(31,32)29-23-15-19(3)14-20(4)16-23/h6-11,14-18,29H,12-13H2,1-5H3,(H,28,30). The van der Waals surface area contributed by atoms with Gasteiger partial charge in [0.25, 0.3) is 15.9 Å². The first-order chi connectivity index (χ1) is 16.1. The SMILES string of the molecule is Cc1cc(C)cc(NS(=O)(=O)c2cc(C(=O)NCCOc3ccccc3C(C)C)ccc2C)c1. The number of carbonyl (C=O) groups excluding carboxylic acids is 1. The molecule has 0 heterocycles. The summed E-state index contributed by atoms with van der Waals surface area (Å²) < 4.78 is 34.6. The molecule has 0 atom stereocenters. The normalized spacial score (nSPS) is 11.4. The average molecular weight is 481 g/mol. The average Bonchev–Trinajstić information content (AvgIpc) is 2.75. The second-order valence-electron chi connectivity index (χ2n) is 8.76. The van der Waals surface area contributed by atoms with E-state index in [1.807, 2.05) is 44.2 Å². The first-order valence-corrected chi connectivity index (χ1v) is 12.8. The molecular weight excluding hydrogens is 448 g/mol. The van der Waals surface area contributed by atoms with Crippen LogP contribution in [0.1, 0.15) is 52.4 Å². The van der Waals surface area contributed by atoms with E-state index < -0.39 is 10.0 Å². The van der Waals surface area contributed by atoms with Crippen LogP contribution in [0.25, 0.3) is 0 Å². The number of amides is 1. The summed E-state index contributed by atoms with van der Waals surface area (Å²) in [6.07, 6.45) is 0. The van der Waals surface area contributed by atoms with E-state index >= 15 is 0 Å². The Morgan fingerprint density at radius 1 is 0.941 bits per heavy atom. The van der Waals surface area contributed by atoms with Crippen molar-refractivity contribution in [3.63, 3.8) is 0 Å². The van der Waals surface area contributed by atoms with Crippen LogP contribution in [0.4, 0.5) is 5.69 Å². The monoisotopic (exact) mass is 480 g/mol. The second-order valence-corrected chi connectivity index (χ2v) is 10.4. The van der Waals surface area contributed by atoms with E-state index in [-0.39, 0.29) is 16.4 Å². The zero-order valence-electron chi connectivity index (χ0n) is 20.3. The van der Waals surface area contributed by atoms with Crippen LogP contribution in [0.2, 0.25) is 0 Å². The molecule has 0 aliphatic heterocycles. The van der Waals surface area contributed by atoms with Gasteiger partial charge in [-0.3, -0.25) is 9.52 Å². The first-order valence-electron chi connectivity index (χ1n) is 11.3. The van der Waals surface area contributed by atoms with Crippen molar-refractivity contribution in [2.75, 3.05) is 17.9 Å². The van der Waals surface area contributed by atoms with Crippen molar-refractivity contribution < 1.29 is 17.9 Å². The molecule has 180 valence electrons. The van der Waals surface area contributed by atoms with Gasteiger partial charge in [0.15, 0.2) is 0 Å². The van der Waals surface area contributed by atoms with Crippen molar-refractivity contribution in [1.82, 2.24) is 5.32 Å². The quantitative estimate of drug-likeness (QED) is 0.405. The summed E-state index contributed by atoms with van der Waals surface area (Å²) in [6, 6.07) is 18.0. The Morgan fingerprint density at radius 3 is 2.29 bits per heavy atom. The molecule has 3 aromatic rings. The predicted octanol–water partition coefficient (Wildman–Crippen LogP) is 5.34. The Morgan fingerprint density at radius 2 is 1.62 bits per heavy atom. The van der Waals surface area contributed by atoms with Crippen molar-refractivity contribution in [2.45, 2.75) is 45.4 Å². The minimum absolute atomic E-state index is 0.0708. The van der Waals surface area contributed by atoms with Gasteiger partial charge < -0.3 is 10.1 Å². The molecule has 0 saturated carbocycles. The Balaban J connectivity index is 1.67. The molecule has 1 amide bonds. The van der Waals surface area contributed by atoms with E-state index in [4.69, 9.17) is 4.74 Å². The zero-order chi connectivity index (χ0) is 24.9. The van der Waals surface area contributed by atoms with E-state index in [1.165, 1.54) is 6.07 Å². The minimum Gasteiger partial charge on any atom is -0.491 e. The van der Waals surface area contributed by atoms with Gasteiger partial charge in [0.2, 0.25) is 0 Å². The third-order valence-corrected chi connectivity index (χ3v) is 6.92. The molecule has 3 aromatic carbocycles. The third kappa shape index (κ3) is 6.38. The maximum absolute atomic E-state index is 13.1. The van der Waals surface area contributed by atoms with Gasteiger partial charge in [-0.2, -0.15) is 0 Å². The van der Waals surface area contributed by atoms with Crippen molar-refractivity contribution >= 4 is 21.6 Å². The largest absolute Gasteiger partial charge is 0.491 e. The number of ether oxygens (including phenoxy) is 1. The van der Waals surface area contributed by atoms with Crippen LogP contribution in [-0.2, 0) is 10.0 Å². The van der Waals surface area contributed by atoms with E-state index in [2.05, 4.69) is 23.9 Å². The molecule has 0 unspecified atom stereocenters. The lowest BCUT2D eigenvalue weighted by Gasteiger charge is -2.15. The summed E-state index contributed by atoms with van der Waals surface area (Å²) in [5.41, 5.74) is 4.35. The molecule has 0 spiro atoms. The van der Waals surface area contributed by atoms with Gasteiger partial charge in [0.05, 0.1) is 11.4 Å². The van der Waals surface area contributed by atoms with E-state index in [9.17, 15) is 13.2 Å². The van der Waals surface area contributed by atoms with Crippen molar-refractivity contribution in [1.29, 1.82) is 0 Å². The fourth-order valence-corrected chi connectivity index (χ4v) is 5.10. The minimum atomic E-state index is -3.86. The second kappa shape index (κ2) is 10.7. The molecule has 6 nitrogen and oxygen atoms in total. The summed E-state index contributed by atoms with van der Waals surface area (Å²) in [7, 11) is -3.86. The molecule has 0 aliphatic rings. The number of hydrogen-bond donors (Lipinski definition) is 2. The molecule has 2 N–H and O–H groups in total. The van der Waals surface area contributed by atoms with Gasteiger partial charge in [-0.15, -0.1) is 0 Å². The molecule has 0 saturated heterocycles. The van der Waals surface area contributed by atoms with Gasteiger partial charge in [-0.25, -0.2) is 8.42 Å². The number of para-hydroxylation sites is 1. The topological polar surface area (TPSA) is 84.5 Å². The lowest BCUT2D eigenvalue weighted by molar-refractivity contribution is 0.0946. The van der Waals surface area contributed by atoms with Crippen LogP contribution in [0.5, 0.6) is 5.75 Å². The fraction of sp³-hybridized carbons (Fsp3) is 0.296. The number of hydrogen-bond acceptors (Lipinski definition) is 4. The number of aryl methyl sites for hydroxylation is 3. The van der Waals surface area contributed by atoms with Crippen LogP contribution in [0, 0.1) is 20.8 Å². The van der Waals surface area contributed by atoms with Crippen molar-refractivity contribution in [3.8, 4) is 5.75 Å². The Hall–Kier alpha value is -3.32. The molecule has 0 fully saturated rings. The highest BCUT2D eigenvalue weighted by Gasteiger charge is 2.20. The van der Waals surface area contributed by atoms with Crippen molar-refractivity contribution in [2.24, 2.45) is 0 Å². The lowest BCUT2D eigenvalue weighted by Crippen LogP contribution is -2.28. The summed E-state index contributed by atoms with van der Waals surface area (Å²) >= 11 is 0. The van der Waals surface area contributed by atoms with Gasteiger partial charge in [-0.05, 0) is 79.3 Å². The van der Waals surface area contributed by atoms with Gasteiger partial charge in [0.1, 0.15) is 12.4 Å². The predicted molar refractivity (Wildman–Crippen MR) is 136 cm³/mol. The Bertz CT molecular complexity index is 1260. The number of benzene rings is 3. The molecule has 34 heavy (non-hydrogen) atoms. The third-order valence-electron chi connectivity index (χ3n) is 5.40. The van der Waals surface area contributed by atoms with Crippen LogP contribution < -0.4 is 14.8 Å². The molecule has 0 aliphatic carbocycles. The van der Waals surface area contributed by atoms with Crippen molar-refractivity contribution in [3.05, 3.63) is 88.5 Å². The summed E-state index contributed by atoms with van der Waals surface area (Å²) in [6.45, 7) is 10.3. The van der Waals surface area contributed by atoms with E-state index in [0.29, 0.717) is 30.3 Å². The first kappa shape index (κ1) is 25.3. The molecular formula is C27H32N2O4S. The molecule has 0 bridgehead atoms. The number of sulfonamides is 1. The maximum Gasteiger partial charge on any atom is 0.262 e. The van der Waals surface area contributed by atoms with Crippen LogP contribution in [0.3, 0.4) is 0 Å². The maximum atomic E-state index is 13.1. The summed E-state index contributed by atoms with van der Waals surface area (Å²) in [5.74, 6) is 0.771. The van der Waals surface area contributed by atoms with Crippen LogP contribution in [0.15, 0.2) is 65.6 Å². The van der Waals surface area contributed by atoms with Gasteiger partial charge >= 0.3 is 0 Å². The van der Waals surface area contributed by atoms with E-state index in [1.54, 1.807) is 31.2 Å². The molecule has 7 heteroatoms. The molecule has 0 aromatic heterocycles. The Kier molecular flexibility index (Phi) is 7.99. The highest BCUT2D eigenvalue weighted by Crippen LogP contribution is 2.26. The number of anilines is 1. The summed E-state index contributed by atoms with van der Waals surface area (Å²) in [5, 5.41) is 2.80. The van der Waals surface area contributed by atoms with E-state index in [0.717, 1.165) is 22.4 Å². The number of nitrogens with one attached hydrogen (secondary N) is 2. The highest BCUT2D eigenvalue weighted by atomic mass is 32.2. The van der Waals surface area contributed by atoms with Crippen LogP contribution >= 0.6 is 0 Å². The molecule has 3 rings (SSSR count). The smallest absolute Gasteiger partial charge is 0.262 e. The summed E-state index contributed by atoms with van der Waals surface area (Å²) in [4.78, 5) is 12.8. The number of carbonyl (C=O) groups is 1. The highest BCUT2D eigenvalue weighted by molar-refractivity contribution is 7.92. The Labute approximate surface area is 202 Å². The molecule has 0 radical (unpaired) electrons. The number of rotatable bonds is 9. The zero-order valence-corrected chi connectivity index (χ0v) is 21.1. The van der Waals surface area contributed by atoms with Gasteiger partial charge in [-0.1, -0.05) is 44.2 Å². The van der Waals surface area contributed by atoms with Crippen LogP contribution in [-0.4, -0.2) is 27.5 Å².